The molecule has 1 aliphatic carbocycles. The standard InChI is InChI=1S/C24H30N4O/c1-16-20-10-24(2,3)7-6-19(20)21-14-28(15-22(21)26-16)23(29)9-17-12-27(13-17)18-5-4-8-25-11-18/h4-5,8,11,17H,6-7,9-10,12-15H2,1-3H3. The molecule has 0 unspecified atom stereocenters. The SMILES string of the molecule is Cc1nc2c(c3c1CC(C)(C)CC3)CN(C(=O)CC1CN(c3cccnc3)C1)C2. The first-order chi connectivity index (χ1) is 13.9. The normalized spacial score (nSPS) is 20.2. The van der Waals surface area contributed by atoms with Crippen molar-refractivity contribution in [3.63, 3.8) is 0 Å². The van der Waals surface area contributed by atoms with Gasteiger partial charge in [0, 0.05) is 43.9 Å². The van der Waals surface area contributed by atoms with Crippen molar-refractivity contribution in [1.82, 2.24) is 14.9 Å². The van der Waals surface area contributed by atoms with E-state index in [-0.39, 0.29) is 5.91 Å². The summed E-state index contributed by atoms with van der Waals surface area (Å²) in [6.45, 7) is 10.2. The van der Waals surface area contributed by atoms with E-state index >= 15 is 0 Å². The van der Waals surface area contributed by atoms with E-state index in [0.29, 0.717) is 24.3 Å². The van der Waals surface area contributed by atoms with Crippen LogP contribution in [0.4, 0.5) is 5.69 Å². The van der Waals surface area contributed by atoms with Crippen molar-refractivity contribution < 1.29 is 4.79 Å². The van der Waals surface area contributed by atoms with E-state index in [2.05, 4.69) is 36.7 Å². The summed E-state index contributed by atoms with van der Waals surface area (Å²) in [6, 6.07) is 4.05. The number of aryl methyl sites for hydroxylation is 1. The van der Waals surface area contributed by atoms with Crippen molar-refractivity contribution in [1.29, 1.82) is 0 Å². The maximum atomic E-state index is 13.0. The Morgan fingerprint density at radius 3 is 2.79 bits per heavy atom. The van der Waals surface area contributed by atoms with Crippen LogP contribution in [0.1, 0.15) is 54.8 Å². The van der Waals surface area contributed by atoms with Gasteiger partial charge in [-0.05, 0) is 60.4 Å². The first kappa shape index (κ1) is 18.6. The van der Waals surface area contributed by atoms with Gasteiger partial charge in [-0.1, -0.05) is 13.8 Å². The molecule has 2 aromatic rings. The number of hydrogen-bond donors (Lipinski definition) is 0. The lowest BCUT2D eigenvalue weighted by Gasteiger charge is -2.41. The van der Waals surface area contributed by atoms with Crippen molar-refractivity contribution in [3.05, 3.63) is 52.6 Å². The predicted octanol–water partition coefficient (Wildman–Crippen LogP) is 3.67. The zero-order valence-corrected chi connectivity index (χ0v) is 17.7. The van der Waals surface area contributed by atoms with Gasteiger partial charge in [0.15, 0.2) is 0 Å². The fourth-order valence-electron chi connectivity index (χ4n) is 5.23. The Kier molecular flexibility index (Phi) is 4.37. The van der Waals surface area contributed by atoms with Crippen LogP contribution in [0.15, 0.2) is 24.5 Å². The van der Waals surface area contributed by atoms with Crippen LogP contribution in [-0.4, -0.2) is 33.9 Å². The number of carbonyl (C=O) groups excluding carboxylic acids is 1. The van der Waals surface area contributed by atoms with Gasteiger partial charge in [0.05, 0.1) is 24.1 Å². The van der Waals surface area contributed by atoms with Crippen LogP contribution in [0.2, 0.25) is 0 Å². The van der Waals surface area contributed by atoms with Gasteiger partial charge in [0.1, 0.15) is 0 Å². The average Bonchev–Trinajstić information content (AvgIpc) is 3.08. The minimum Gasteiger partial charge on any atom is -0.370 e. The lowest BCUT2D eigenvalue weighted by Crippen LogP contribution is -2.48. The van der Waals surface area contributed by atoms with E-state index in [0.717, 1.165) is 43.9 Å². The Hall–Kier alpha value is -2.43. The largest absolute Gasteiger partial charge is 0.370 e. The summed E-state index contributed by atoms with van der Waals surface area (Å²) >= 11 is 0. The Balaban J connectivity index is 1.24. The highest BCUT2D eigenvalue weighted by atomic mass is 16.2. The third-order valence-corrected chi connectivity index (χ3v) is 7.00. The molecule has 1 saturated heterocycles. The molecule has 0 bridgehead atoms. The van der Waals surface area contributed by atoms with Crippen molar-refractivity contribution in [2.24, 2.45) is 11.3 Å². The van der Waals surface area contributed by atoms with Crippen LogP contribution in [0, 0.1) is 18.3 Å². The molecule has 152 valence electrons. The van der Waals surface area contributed by atoms with Crippen molar-refractivity contribution in [2.75, 3.05) is 18.0 Å². The van der Waals surface area contributed by atoms with Gasteiger partial charge in [-0.2, -0.15) is 0 Å². The van der Waals surface area contributed by atoms with Crippen molar-refractivity contribution >= 4 is 11.6 Å². The lowest BCUT2D eigenvalue weighted by atomic mass is 9.73. The summed E-state index contributed by atoms with van der Waals surface area (Å²) in [5.41, 5.74) is 8.10. The van der Waals surface area contributed by atoms with Crippen LogP contribution >= 0.6 is 0 Å². The summed E-state index contributed by atoms with van der Waals surface area (Å²) in [6.07, 6.45) is 7.78. The maximum absolute atomic E-state index is 13.0. The number of nitrogens with zero attached hydrogens (tertiary/aromatic N) is 4. The Morgan fingerprint density at radius 2 is 2.03 bits per heavy atom. The molecular formula is C24H30N4O. The second-order valence-corrected chi connectivity index (χ2v) is 9.86. The maximum Gasteiger partial charge on any atom is 0.223 e. The molecule has 0 N–H and O–H groups in total. The number of anilines is 1. The summed E-state index contributed by atoms with van der Waals surface area (Å²) in [4.78, 5) is 26.4. The fraction of sp³-hybridized carbons (Fsp3) is 0.542. The van der Waals surface area contributed by atoms with E-state index in [1.807, 2.05) is 17.2 Å². The van der Waals surface area contributed by atoms with Gasteiger partial charge >= 0.3 is 0 Å². The van der Waals surface area contributed by atoms with Crippen LogP contribution in [0.5, 0.6) is 0 Å². The summed E-state index contributed by atoms with van der Waals surface area (Å²) in [5, 5.41) is 0. The minimum atomic E-state index is 0.279. The molecule has 5 nitrogen and oxygen atoms in total. The van der Waals surface area contributed by atoms with E-state index in [1.54, 1.807) is 6.20 Å². The molecule has 0 spiro atoms. The number of hydrogen-bond acceptors (Lipinski definition) is 4. The smallest absolute Gasteiger partial charge is 0.223 e. The second kappa shape index (κ2) is 6.82. The number of amides is 1. The molecule has 5 heteroatoms. The third-order valence-electron chi connectivity index (χ3n) is 7.00. The predicted molar refractivity (Wildman–Crippen MR) is 114 cm³/mol. The van der Waals surface area contributed by atoms with Gasteiger partial charge in [0.25, 0.3) is 0 Å². The van der Waals surface area contributed by atoms with E-state index in [9.17, 15) is 4.79 Å². The van der Waals surface area contributed by atoms with E-state index in [1.165, 1.54) is 28.8 Å². The first-order valence-electron chi connectivity index (χ1n) is 10.8. The molecule has 2 aromatic heterocycles. The number of rotatable bonds is 3. The zero-order chi connectivity index (χ0) is 20.2. The molecule has 1 fully saturated rings. The monoisotopic (exact) mass is 390 g/mol. The van der Waals surface area contributed by atoms with Crippen LogP contribution in [0.3, 0.4) is 0 Å². The molecule has 5 rings (SSSR count). The lowest BCUT2D eigenvalue weighted by molar-refractivity contribution is -0.133. The third kappa shape index (κ3) is 3.41. The highest BCUT2D eigenvalue weighted by Crippen LogP contribution is 2.40. The van der Waals surface area contributed by atoms with Gasteiger partial charge in [0.2, 0.25) is 5.91 Å². The Morgan fingerprint density at radius 1 is 1.21 bits per heavy atom. The molecule has 3 aliphatic rings. The fourth-order valence-corrected chi connectivity index (χ4v) is 5.23. The van der Waals surface area contributed by atoms with Gasteiger partial charge in [-0.15, -0.1) is 0 Å². The number of aromatic nitrogens is 2. The molecule has 29 heavy (non-hydrogen) atoms. The average molecular weight is 391 g/mol. The molecule has 1 amide bonds. The molecular weight excluding hydrogens is 360 g/mol. The molecule has 0 atom stereocenters. The van der Waals surface area contributed by atoms with Crippen LogP contribution in [-0.2, 0) is 30.7 Å². The first-order valence-corrected chi connectivity index (χ1v) is 10.8. The molecule has 2 aliphatic heterocycles. The summed E-state index contributed by atoms with van der Waals surface area (Å²) in [7, 11) is 0. The minimum absolute atomic E-state index is 0.279. The van der Waals surface area contributed by atoms with Gasteiger partial charge < -0.3 is 9.80 Å². The van der Waals surface area contributed by atoms with Crippen LogP contribution in [0.25, 0.3) is 0 Å². The summed E-state index contributed by atoms with van der Waals surface area (Å²) in [5.74, 6) is 0.720. The van der Waals surface area contributed by atoms with Crippen molar-refractivity contribution in [3.8, 4) is 0 Å². The Bertz CT molecular complexity index is 947. The quantitative estimate of drug-likeness (QED) is 0.802. The molecule has 0 radical (unpaired) electrons. The molecule has 0 saturated carbocycles. The number of carbonyl (C=O) groups is 1. The number of pyridine rings is 2. The van der Waals surface area contributed by atoms with Crippen LogP contribution < -0.4 is 4.90 Å². The van der Waals surface area contributed by atoms with Crippen molar-refractivity contribution in [2.45, 2.75) is 59.5 Å². The second-order valence-electron chi connectivity index (χ2n) is 9.86. The zero-order valence-electron chi connectivity index (χ0n) is 17.7. The van der Waals surface area contributed by atoms with Gasteiger partial charge in [-0.3, -0.25) is 14.8 Å². The number of fused-ring (bicyclic) bond motifs is 3. The molecule has 4 heterocycles. The summed E-state index contributed by atoms with van der Waals surface area (Å²) < 4.78 is 0. The highest BCUT2D eigenvalue weighted by molar-refractivity contribution is 5.77. The van der Waals surface area contributed by atoms with E-state index < -0.39 is 0 Å². The topological polar surface area (TPSA) is 49.3 Å². The molecule has 0 aromatic carbocycles. The Labute approximate surface area is 173 Å². The highest BCUT2D eigenvalue weighted by Gasteiger charge is 2.36. The van der Waals surface area contributed by atoms with E-state index in [4.69, 9.17) is 4.98 Å². The van der Waals surface area contributed by atoms with Gasteiger partial charge in [-0.25, -0.2) is 0 Å².